The minimum Gasteiger partial charge on any atom is -0.493 e. The number of rotatable bonds is 7. The molecule has 188 valence electrons. The van der Waals surface area contributed by atoms with E-state index in [0.29, 0.717) is 30.0 Å². The molecule has 2 N–H and O–H groups in total. The molecule has 1 heterocycles. The van der Waals surface area contributed by atoms with E-state index in [1.54, 1.807) is 37.3 Å². The highest BCUT2D eigenvalue weighted by atomic mass is 31.0. The van der Waals surface area contributed by atoms with Crippen molar-refractivity contribution in [1.29, 1.82) is 0 Å². The third kappa shape index (κ3) is 6.64. The van der Waals surface area contributed by atoms with Crippen molar-refractivity contribution >= 4 is 38.6 Å². The Balaban J connectivity index is 1.95. The number of guanidine groups is 1. The molecule has 1 aliphatic rings. The van der Waals surface area contributed by atoms with E-state index < -0.39 is 17.7 Å². The smallest absolute Gasteiger partial charge is 0.328 e. The van der Waals surface area contributed by atoms with Gasteiger partial charge in [-0.2, -0.15) is 0 Å². The normalized spacial score (nSPS) is 13.5. The Hall–Kier alpha value is -3.84. The summed E-state index contributed by atoms with van der Waals surface area (Å²) in [5.74, 6) is -1.33. The molecule has 0 spiro atoms. The van der Waals surface area contributed by atoms with Gasteiger partial charge in [-0.25, -0.2) is 18.6 Å². The monoisotopic (exact) mass is 512 g/mol. The van der Waals surface area contributed by atoms with E-state index in [0.717, 1.165) is 29.4 Å². The van der Waals surface area contributed by atoms with E-state index in [1.165, 1.54) is 11.0 Å². The quantitative estimate of drug-likeness (QED) is 0.190. The highest BCUT2D eigenvalue weighted by Crippen LogP contribution is 2.29. The summed E-state index contributed by atoms with van der Waals surface area (Å²) < 4.78 is 33.4. The molecule has 0 saturated heterocycles. The molecule has 36 heavy (non-hydrogen) atoms. The van der Waals surface area contributed by atoms with Crippen LogP contribution in [0.1, 0.15) is 25.0 Å². The second-order valence-corrected chi connectivity index (χ2v) is 8.54. The molecule has 0 radical (unpaired) electrons. The summed E-state index contributed by atoms with van der Waals surface area (Å²) in [5, 5.41) is 5.03. The first-order valence-corrected chi connectivity index (χ1v) is 11.7. The zero-order chi connectivity index (χ0) is 26.2. The lowest BCUT2D eigenvalue weighted by Crippen LogP contribution is -2.46. The Morgan fingerprint density at radius 2 is 2.08 bits per heavy atom. The SMILES string of the molecule is C=C/C(C)=C\C(=C/C)N(Cc1cc(F)c(F)c(P)c1)C(=O)NC(=Nc1ccc2c(c1)CCO2)NC=O. The number of carbonyl (C=O) groups excluding carboxylic acids is 2. The van der Waals surface area contributed by atoms with E-state index in [4.69, 9.17) is 4.74 Å². The second-order valence-electron chi connectivity index (χ2n) is 7.92. The molecule has 0 aromatic heterocycles. The van der Waals surface area contributed by atoms with Gasteiger partial charge in [0.2, 0.25) is 12.4 Å². The van der Waals surface area contributed by atoms with Gasteiger partial charge in [0.25, 0.3) is 0 Å². The van der Waals surface area contributed by atoms with Gasteiger partial charge in [-0.3, -0.25) is 20.3 Å². The zero-order valence-electron chi connectivity index (χ0n) is 20.0. The summed E-state index contributed by atoms with van der Waals surface area (Å²) in [6.07, 6.45) is 6.17. The Labute approximate surface area is 210 Å². The minimum atomic E-state index is -1.02. The molecule has 0 aliphatic carbocycles. The molecule has 0 bridgehead atoms. The molecular formula is C26H27F2N4O3P. The van der Waals surface area contributed by atoms with Gasteiger partial charge in [0.05, 0.1) is 18.8 Å². The first-order chi connectivity index (χ1) is 17.2. The largest absolute Gasteiger partial charge is 0.493 e. The maximum Gasteiger partial charge on any atom is 0.328 e. The van der Waals surface area contributed by atoms with Crippen LogP contribution in [-0.4, -0.2) is 29.9 Å². The number of hydrogen-bond acceptors (Lipinski definition) is 4. The Bertz CT molecular complexity index is 1250. The van der Waals surface area contributed by atoms with Crippen LogP contribution < -0.4 is 20.7 Å². The number of nitrogens with one attached hydrogen (secondary N) is 2. The molecule has 7 nitrogen and oxygen atoms in total. The van der Waals surface area contributed by atoms with Crippen LogP contribution in [0, 0.1) is 11.6 Å². The van der Waals surface area contributed by atoms with Crippen LogP contribution in [0.25, 0.3) is 0 Å². The number of fused-ring (bicyclic) bond motifs is 1. The third-order valence-corrected chi connectivity index (χ3v) is 5.76. The summed E-state index contributed by atoms with van der Waals surface area (Å²) in [6, 6.07) is 7.11. The molecule has 2 aromatic rings. The first kappa shape index (κ1) is 26.8. The second kappa shape index (κ2) is 12.2. The lowest BCUT2D eigenvalue weighted by atomic mass is 10.1. The number of allylic oxidation sites excluding steroid dienone is 4. The van der Waals surface area contributed by atoms with Gasteiger partial charge in [0, 0.05) is 17.4 Å². The Kier molecular flexibility index (Phi) is 9.08. The fraction of sp³-hybridized carbons (Fsp3) is 0.192. The lowest BCUT2D eigenvalue weighted by molar-refractivity contribution is -0.108. The standard InChI is InChI=1S/C26H27F2N4O3P/c1-4-16(3)10-20(5-2)32(14-17-11-21(27)24(28)23(36)12-17)26(34)31-25(29-15-33)30-19-6-7-22-18(13-19)8-9-35-22/h4-7,10-13,15H,1,8-9,14,36H2,2-3H3,(H2,29,30,31,33,34)/b16-10-,20-5+. The number of urea groups is 1. The van der Waals surface area contributed by atoms with E-state index >= 15 is 0 Å². The molecule has 3 rings (SSSR count). The van der Waals surface area contributed by atoms with Gasteiger partial charge in [-0.1, -0.05) is 18.7 Å². The summed E-state index contributed by atoms with van der Waals surface area (Å²) in [7, 11) is 2.14. The van der Waals surface area contributed by atoms with Crippen molar-refractivity contribution in [2.45, 2.75) is 26.8 Å². The maximum absolute atomic E-state index is 14.1. The molecule has 1 aliphatic heterocycles. The number of benzene rings is 2. The van der Waals surface area contributed by atoms with E-state index in [2.05, 4.69) is 31.4 Å². The van der Waals surface area contributed by atoms with Crippen molar-refractivity contribution in [1.82, 2.24) is 15.5 Å². The summed E-state index contributed by atoms with van der Waals surface area (Å²) in [5.41, 5.74) is 3.09. The third-order valence-electron chi connectivity index (χ3n) is 5.34. The maximum atomic E-state index is 14.1. The Morgan fingerprint density at radius 3 is 2.75 bits per heavy atom. The number of halogens is 2. The van der Waals surface area contributed by atoms with Crippen LogP contribution >= 0.6 is 9.24 Å². The van der Waals surface area contributed by atoms with Crippen LogP contribution in [-0.2, 0) is 17.8 Å². The number of amides is 3. The number of aliphatic imine (C=N–C) groups is 1. The average Bonchev–Trinajstić information content (AvgIpc) is 3.32. The topological polar surface area (TPSA) is 83.0 Å². The van der Waals surface area contributed by atoms with Crippen molar-refractivity contribution in [2.75, 3.05) is 6.61 Å². The molecule has 1 unspecified atom stereocenters. The molecule has 0 saturated carbocycles. The fourth-order valence-corrected chi connectivity index (χ4v) is 3.88. The Morgan fingerprint density at radius 1 is 1.31 bits per heavy atom. The zero-order valence-corrected chi connectivity index (χ0v) is 21.1. The molecule has 1 atom stereocenters. The predicted octanol–water partition coefficient (Wildman–Crippen LogP) is 4.38. The number of hydrogen-bond donors (Lipinski definition) is 2. The number of carbonyl (C=O) groups is 2. The molecule has 0 fully saturated rings. The lowest BCUT2D eigenvalue weighted by Gasteiger charge is -2.25. The van der Waals surface area contributed by atoms with Gasteiger partial charge in [0.1, 0.15) is 5.75 Å². The number of nitrogens with zero attached hydrogens (tertiary/aromatic N) is 2. The van der Waals surface area contributed by atoms with Crippen LogP contribution in [0.15, 0.2) is 71.4 Å². The summed E-state index contributed by atoms with van der Waals surface area (Å²) in [4.78, 5) is 30.3. The van der Waals surface area contributed by atoms with Crippen molar-refractivity contribution < 1.29 is 23.1 Å². The van der Waals surface area contributed by atoms with E-state index in [-0.39, 0.29) is 17.8 Å². The fourth-order valence-electron chi connectivity index (χ4n) is 3.52. The van der Waals surface area contributed by atoms with Gasteiger partial charge in [-0.15, -0.1) is 9.24 Å². The van der Waals surface area contributed by atoms with Gasteiger partial charge in [0.15, 0.2) is 11.6 Å². The van der Waals surface area contributed by atoms with Crippen LogP contribution in [0.3, 0.4) is 0 Å². The van der Waals surface area contributed by atoms with Gasteiger partial charge in [-0.05, 0) is 67.0 Å². The average molecular weight is 512 g/mol. The van der Waals surface area contributed by atoms with Crippen LogP contribution in [0.5, 0.6) is 5.75 Å². The van der Waals surface area contributed by atoms with Crippen molar-refractivity contribution in [2.24, 2.45) is 4.99 Å². The molecule has 3 amide bonds. The van der Waals surface area contributed by atoms with Gasteiger partial charge >= 0.3 is 6.03 Å². The van der Waals surface area contributed by atoms with E-state index in [1.807, 2.05) is 13.0 Å². The van der Waals surface area contributed by atoms with Crippen molar-refractivity contribution in [3.05, 3.63) is 89.2 Å². The van der Waals surface area contributed by atoms with Crippen LogP contribution in [0.2, 0.25) is 0 Å². The summed E-state index contributed by atoms with van der Waals surface area (Å²) >= 11 is 0. The van der Waals surface area contributed by atoms with Crippen LogP contribution in [0.4, 0.5) is 19.3 Å². The van der Waals surface area contributed by atoms with E-state index in [9.17, 15) is 18.4 Å². The minimum absolute atomic E-state index is 0.0377. The predicted molar refractivity (Wildman–Crippen MR) is 139 cm³/mol. The highest BCUT2D eigenvalue weighted by Gasteiger charge is 2.21. The molecular weight excluding hydrogens is 485 g/mol. The molecule has 10 heteroatoms. The van der Waals surface area contributed by atoms with Gasteiger partial charge < -0.3 is 4.74 Å². The molecule has 2 aromatic carbocycles. The number of ether oxygens (including phenoxy) is 1. The first-order valence-electron chi connectivity index (χ1n) is 11.1. The summed E-state index contributed by atoms with van der Waals surface area (Å²) in [6.45, 7) is 7.77. The highest BCUT2D eigenvalue weighted by molar-refractivity contribution is 7.27. The van der Waals surface area contributed by atoms with Crippen molar-refractivity contribution in [3.8, 4) is 5.75 Å². The van der Waals surface area contributed by atoms with Crippen molar-refractivity contribution in [3.63, 3.8) is 0 Å².